The van der Waals surface area contributed by atoms with Gasteiger partial charge in [-0.2, -0.15) is 0 Å². The van der Waals surface area contributed by atoms with Crippen molar-refractivity contribution in [1.29, 1.82) is 0 Å². The summed E-state index contributed by atoms with van der Waals surface area (Å²) in [5, 5.41) is 8.75. The van der Waals surface area contributed by atoms with Crippen LogP contribution in [0.3, 0.4) is 0 Å². The molecule has 0 atom stereocenters. The van der Waals surface area contributed by atoms with E-state index in [1.54, 1.807) is 0 Å². The van der Waals surface area contributed by atoms with Crippen LogP contribution in [0.15, 0.2) is 54.7 Å². The Morgan fingerprint density at radius 1 is 0.489 bits per heavy atom. The zero-order chi connectivity index (χ0) is 34.6. The van der Waals surface area contributed by atoms with Gasteiger partial charge in [-0.15, -0.1) is 11.1 Å². The molecule has 47 heavy (non-hydrogen) atoms. The number of hydrogen-bond donors (Lipinski definition) is 0. The minimum absolute atomic E-state index is 0.571. The minimum atomic E-state index is -1.98. The maximum Gasteiger partial charge on any atom is 0.146 e. The number of hydrogen-bond acceptors (Lipinski definition) is 0. The fourth-order valence-electron chi connectivity index (χ4n) is 9.33. The maximum atomic E-state index is 4.12. The second-order valence-electron chi connectivity index (χ2n) is 16.2. The van der Waals surface area contributed by atoms with Crippen molar-refractivity contribution in [2.24, 2.45) is 7.05 Å². The molecule has 0 fully saturated rings. The lowest BCUT2D eigenvalue weighted by molar-refractivity contribution is 0.838. The molecule has 0 N–H and O–H groups in total. The van der Waals surface area contributed by atoms with Crippen molar-refractivity contribution < 1.29 is 0 Å². The average molecular weight is 656 g/mol. The van der Waals surface area contributed by atoms with E-state index in [0.717, 1.165) is 0 Å². The fourth-order valence-corrected chi connectivity index (χ4v) is 19.7. The van der Waals surface area contributed by atoms with Gasteiger partial charge in [-0.1, -0.05) is 119 Å². The molecule has 0 saturated heterocycles. The second-order valence-corrected chi connectivity index (χ2v) is 27.3. The standard InChI is InChI=1S/C44H57NSi2/c1-28(2)46(29(3)4,30(5)6)21-18-38-40-24-35-16-15-34(13)23-37(35)26-42(40)39(19-22-47(31(7)8,32(9)10)33(11)12)43-27-44-36(25-41(38)43)17-20-45(44)14/h15-17,20,23-33H,1-14H3. The first kappa shape index (κ1) is 35.1. The monoisotopic (exact) mass is 655 g/mol. The maximum absolute atomic E-state index is 4.12. The molecule has 0 saturated carbocycles. The van der Waals surface area contributed by atoms with E-state index < -0.39 is 16.1 Å². The lowest BCUT2D eigenvalue weighted by atomic mass is 9.89. The van der Waals surface area contributed by atoms with Crippen molar-refractivity contribution in [3.8, 4) is 22.9 Å². The first-order valence-corrected chi connectivity index (χ1v) is 22.5. The number of rotatable bonds is 6. The van der Waals surface area contributed by atoms with Crippen LogP contribution in [-0.2, 0) is 7.05 Å². The lowest BCUT2D eigenvalue weighted by Crippen LogP contribution is -2.43. The van der Waals surface area contributed by atoms with Gasteiger partial charge in [0.15, 0.2) is 0 Å². The number of nitrogens with zero attached hydrogens (tertiary/aromatic N) is 1. The molecule has 1 nitrogen and oxygen atoms in total. The van der Waals surface area contributed by atoms with Crippen LogP contribution in [0.2, 0.25) is 33.2 Å². The number of aryl methyl sites for hydroxylation is 2. The molecule has 1 aromatic heterocycles. The van der Waals surface area contributed by atoms with Crippen LogP contribution < -0.4 is 0 Å². The number of fused-ring (bicyclic) bond motifs is 4. The van der Waals surface area contributed by atoms with Gasteiger partial charge in [0.25, 0.3) is 0 Å². The predicted octanol–water partition coefficient (Wildman–Crippen LogP) is 13.1. The van der Waals surface area contributed by atoms with E-state index in [1.165, 1.54) is 59.9 Å². The van der Waals surface area contributed by atoms with Crippen molar-refractivity contribution in [3.63, 3.8) is 0 Å². The summed E-state index contributed by atoms with van der Waals surface area (Å²) < 4.78 is 2.24. The summed E-state index contributed by atoms with van der Waals surface area (Å²) in [6.07, 6.45) is 2.18. The van der Waals surface area contributed by atoms with Gasteiger partial charge < -0.3 is 4.57 Å². The predicted molar refractivity (Wildman–Crippen MR) is 216 cm³/mol. The van der Waals surface area contributed by atoms with E-state index in [1.807, 2.05) is 0 Å². The molecule has 0 radical (unpaired) electrons. The van der Waals surface area contributed by atoms with Crippen LogP contribution in [-0.4, -0.2) is 20.7 Å². The number of aromatic nitrogens is 1. The summed E-state index contributed by atoms with van der Waals surface area (Å²) in [5.41, 5.74) is 16.5. The highest BCUT2D eigenvalue weighted by Crippen LogP contribution is 2.44. The molecule has 1 heterocycles. The minimum Gasteiger partial charge on any atom is -0.351 e. The summed E-state index contributed by atoms with van der Waals surface area (Å²) in [4.78, 5) is 0. The Morgan fingerprint density at radius 3 is 1.34 bits per heavy atom. The Hall–Kier alpha value is -3.25. The van der Waals surface area contributed by atoms with Crippen molar-refractivity contribution in [2.45, 2.75) is 123 Å². The van der Waals surface area contributed by atoms with Crippen molar-refractivity contribution in [2.75, 3.05) is 0 Å². The Balaban J connectivity index is 2.04. The van der Waals surface area contributed by atoms with Crippen molar-refractivity contribution in [3.05, 3.63) is 71.4 Å². The summed E-state index contributed by atoms with van der Waals surface area (Å²) in [7, 11) is -1.80. The molecule has 246 valence electrons. The van der Waals surface area contributed by atoms with Gasteiger partial charge in [-0.3, -0.25) is 0 Å². The molecule has 5 rings (SSSR count). The molecule has 0 unspecified atom stereocenters. The van der Waals surface area contributed by atoms with Crippen LogP contribution in [0.1, 0.15) is 99.8 Å². The van der Waals surface area contributed by atoms with E-state index >= 15 is 0 Å². The first-order valence-electron chi connectivity index (χ1n) is 18.0. The summed E-state index contributed by atoms with van der Waals surface area (Å²) in [5.74, 6) is 7.97. The van der Waals surface area contributed by atoms with Crippen LogP contribution in [0, 0.1) is 29.9 Å². The third-order valence-corrected chi connectivity index (χ3v) is 24.4. The van der Waals surface area contributed by atoms with Crippen LogP contribution in [0.5, 0.6) is 0 Å². The van der Waals surface area contributed by atoms with Crippen LogP contribution >= 0.6 is 0 Å². The SMILES string of the molecule is Cc1ccc2cc3c(C#C[Si](C(C)C)(C(C)C)C(C)C)c4cc5ccn(C)c5cc4c(C#C[Si](C(C)C)(C(C)C)C(C)C)c3cc2c1. The Morgan fingerprint density at radius 2 is 0.894 bits per heavy atom. The molecule has 0 spiro atoms. The Kier molecular flexibility index (Phi) is 9.69. The molecule has 5 aromatic rings. The Labute approximate surface area is 287 Å². The third-order valence-electron chi connectivity index (χ3n) is 11.8. The molecule has 0 aliphatic rings. The summed E-state index contributed by atoms with van der Waals surface area (Å²) >= 11 is 0. The largest absolute Gasteiger partial charge is 0.351 e. The third kappa shape index (κ3) is 5.79. The van der Waals surface area contributed by atoms with E-state index in [4.69, 9.17) is 0 Å². The van der Waals surface area contributed by atoms with Gasteiger partial charge in [0, 0.05) is 40.7 Å². The van der Waals surface area contributed by atoms with Gasteiger partial charge in [0.05, 0.1) is 0 Å². The second kappa shape index (κ2) is 13.0. The average Bonchev–Trinajstić information content (AvgIpc) is 3.34. The zero-order valence-corrected chi connectivity index (χ0v) is 33.6. The highest BCUT2D eigenvalue weighted by Gasteiger charge is 2.43. The van der Waals surface area contributed by atoms with Gasteiger partial charge in [0.2, 0.25) is 0 Å². The molecular weight excluding hydrogens is 599 g/mol. The number of benzene rings is 4. The summed E-state index contributed by atoms with van der Waals surface area (Å²) in [6.45, 7) is 31.1. The molecule has 0 aliphatic heterocycles. The van der Waals surface area contributed by atoms with Crippen molar-refractivity contribution >= 4 is 59.4 Å². The lowest BCUT2D eigenvalue weighted by Gasteiger charge is -2.38. The quantitative estimate of drug-likeness (QED) is 0.0974. The van der Waals surface area contributed by atoms with E-state index in [0.29, 0.717) is 33.2 Å². The highest BCUT2D eigenvalue weighted by molar-refractivity contribution is 6.91. The van der Waals surface area contributed by atoms with Gasteiger partial charge >= 0.3 is 0 Å². The molecule has 4 aromatic carbocycles. The van der Waals surface area contributed by atoms with E-state index in [9.17, 15) is 0 Å². The first-order chi connectivity index (χ1) is 22.1. The Bertz CT molecular complexity index is 2050. The smallest absolute Gasteiger partial charge is 0.146 e. The fraction of sp³-hybridized carbons (Fsp3) is 0.455. The molecular formula is C44H57NSi2. The topological polar surface area (TPSA) is 4.93 Å². The van der Waals surface area contributed by atoms with Gasteiger partial charge in [-0.05, 0) is 97.4 Å². The zero-order valence-electron chi connectivity index (χ0n) is 31.6. The summed E-state index contributed by atoms with van der Waals surface area (Å²) in [6, 6.07) is 18.7. The van der Waals surface area contributed by atoms with E-state index in [2.05, 4.69) is 179 Å². The van der Waals surface area contributed by atoms with Gasteiger partial charge in [-0.25, -0.2) is 0 Å². The molecule has 0 amide bonds. The van der Waals surface area contributed by atoms with Crippen LogP contribution in [0.25, 0.3) is 43.2 Å². The molecule has 0 aliphatic carbocycles. The molecule has 3 heteroatoms. The molecule has 0 bridgehead atoms. The normalized spacial score (nSPS) is 12.9. The van der Waals surface area contributed by atoms with Gasteiger partial charge in [0.1, 0.15) is 16.1 Å². The van der Waals surface area contributed by atoms with Crippen molar-refractivity contribution in [1.82, 2.24) is 4.57 Å². The highest BCUT2D eigenvalue weighted by atomic mass is 28.3. The van der Waals surface area contributed by atoms with Crippen LogP contribution in [0.4, 0.5) is 0 Å². The van der Waals surface area contributed by atoms with E-state index in [-0.39, 0.29) is 0 Å².